The van der Waals surface area contributed by atoms with Crippen molar-refractivity contribution in [3.8, 4) is 0 Å². The fraction of sp³-hybridized carbons (Fsp3) is 0.250. The maximum atomic E-state index is 13.6. The van der Waals surface area contributed by atoms with Crippen molar-refractivity contribution in [2.75, 3.05) is 12.8 Å². The topological polar surface area (TPSA) is 71.3 Å². The van der Waals surface area contributed by atoms with Gasteiger partial charge in [-0.1, -0.05) is 0 Å². The van der Waals surface area contributed by atoms with E-state index in [4.69, 9.17) is 0 Å². The van der Waals surface area contributed by atoms with Crippen molar-refractivity contribution in [3.05, 3.63) is 48.0 Å². The van der Waals surface area contributed by atoms with Crippen molar-refractivity contribution in [2.24, 2.45) is 0 Å². The molecule has 2 aromatic carbocycles. The molecule has 0 spiro atoms. The van der Waals surface area contributed by atoms with E-state index >= 15 is 0 Å². The zero-order valence-corrected chi connectivity index (χ0v) is 13.6. The molecule has 0 aliphatic carbocycles. The van der Waals surface area contributed by atoms with Crippen LogP contribution in [0.5, 0.6) is 0 Å². The second-order valence-corrected chi connectivity index (χ2v) is 7.54. The fourth-order valence-electron chi connectivity index (χ4n) is 2.76. The van der Waals surface area contributed by atoms with Gasteiger partial charge in [0.2, 0.25) is 10.0 Å². The molecular weight excluding hydrogens is 338 g/mol. The lowest BCUT2D eigenvalue weighted by Crippen LogP contribution is -2.33. The van der Waals surface area contributed by atoms with Gasteiger partial charge in [0, 0.05) is 17.3 Å². The lowest BCUT2D eigenvalue weighted by atomic mass is 10.1. The van der Waals surface area contributed by atoms with E-state index in [9.17, 15) is 22.3 Å². The summed E-state index contributed by atoms with van der Waals surface area (Å²) in [5.74, 6) is -0.897. The van der Waals surface area contributed by atoms with Crippen molar-refractivity contribution in [3.63, 3.8) is 0 Å². The standard InChI is InChI=1S/C16H16F2N2O3S/c1-24(22,23)19-8-12(21)9-20-15-6-10(17)2-4-13(15)14-5-3-11(18)7-16(14)20/h2-7,12,19,21H,8-9H2,1H3. The van der Waals surface area contributed by atoms with Crippen LogP contribution in [0.15, 0.2) is 36.4 Å². The molecule has 2 N–H and O–H groups in total. The Morgan fingerprint density at radius 1 is 1.08 bits per heavy atom. The van der Waals surface area contributed by atoms with Crippen molar-refractivity contribution in [1.29, 1.82) is 0 Å². The number of benzene rings is 2. The van der Waals surface area contributed by atoms with E-state index in [2.05, 4.69) is 4.72 Å². The Bertz CT molecular complexity index is 956. The first-order valence-electron chi connectivity index (χ1n) is 7.24. The third-order valence-corrected chi connectivity index (χ3v) is 4.46. The van der Waals surface area contributed by atoms with Gasteiger partial charge in [-0.05, 0) is 36.4 Å². The first kappa shape index (κ1) is 16.8. The predicted molar refractivity (Wildman–Crippen MR) is 88.2 cm³/mol. The van der Waals surface area contributed by atoms with E-state index in [-0.39, 0.29) is 13.1 Å². The van der Waals surface area contributed by atoms with Crippen LogP contribution in [-0.2, 0) is 16.6 Å². The fourth-order valence-corrected chi connectivity index (χ4v) is 3.26. The summed E-state index contributed by atoms with van der Waals surface area (Å²) in [5.41, 5.74) is 1.02. The molecule has 3 rings (SSSR count). The molecule has 0 saturated heterocycles. The van der Waals surface area contributed by atoms with Gasteiger partial charge >= 0.3 is 0 Å². The number of rotatable bonds is 5. The molecule has 0 aliphatic rings. The number of sulfonamides is 1. The summed E-state index contributed by atoms with van der Waals surface area (Å²) in [4.78, 5) is 0. The van der Waals surface area contributed by atoms with Gasteiger partial charge in [-0.15, -0.1) is 0 Å². The summed E-state index contributed by atoms with van der Waals surface area (Å²) in [6.07, 6.45) is -0.0599. The maximum absolute atomic E-state index is 13.6. The van der Waals surface area contributed by atoms with Crippen molar-refractivity contribution in [1.82, 2.24) is 9.29 Å². The van der Waals surface area contributed by atoms with Gasteiger partial charge in [0.15, 0.2) is 0 Å². The third kappa shape index (κ3) is 3.40. The van der Waals surface area contributed by atoms with E-state index in [1.54, 1.807) is 16.7 Å². The molecule has 1 atom stereocenters. The average Bonchev–Trinajstić information content (AvgIpc) is 2.77. The number of hydrogen-bond acceptors (Lipinski definition) is 3. The molecule has 1 aromatic heterocycles. The van der Waals surface area contributed by atoms with Crippen LogP contribution in [0.25, 0.3) is 21.8 Å². The largest absolute Gasteiger partial charge is 0.390 e. The van der Waals surface area contributed by atoms with Crippen molar-refractivity contribution >= 4 is 31.8 Å². The molecule has 1 heterocycles. The van der Waals surface area contributed by atoms with Crippen LogP contribution in [0.1, 0.15) is 0 Å². The minimum Gasteiger partial charge on any atom is -0.390 e. The minimum atomic E-state index is -3.44. The number of halogens is 2. The van der Waals surface area contributed by atoms with Crippen LogP contribution in [-0.4, -0.2) is 37.0 Å². The first-order chi connectivity index (χ1) is 11.2. The molecule has 0 aliphatic heterocycles. The van der Waals surface area contributed by atoms with E-state index < -0.39 is 27.8 Å². The number of nitrogens with one attached hydrogen (secondary N) is 1. The van der Waals surface area contributed by atoms with Gasteiger partial charge in [0.1, 0.15) is 11.6 Å². The van der Waals surface area contributed by atoms with Gasteiger partial charge in [-0.25, -0.2) is 21.9 Å². The van der Waals surface area contributed by atoms with E-state index in [0.717, 1.165) is 17.0 Å². The van der Waals surface area contributed by atoms with Gasteiger partial charge in [-0.2, -0.15) is 0 Å². The Hall–Kier alpha value is -2.03. The number of aromatic nitrogens is 1. The third-order valence-electron chi connectivity index (χ3n) is 3.77. The molecular formula is C16H16F2N2O3S. The summed E-state index contributed by atoms with van der Waals surface area (Å²) < 4.78 is 53.3. The summed E-state index contributed by atoms with van der Waals surface area (Å²) in [5, 5.41) is 11.6. The quantitative estimate of drug-likeness (QED) is 0.736. The molecule has 0 saturated carbocycles. The average molecular weight is 354 g/mol. The zero-order chi connectivity index (χ0) is 17.5. The zero-order valence-electron chi connectivity index (χ0n) is 12.8. The molecule has 128 valence electrons. The summed E-state index contributed by atoms with van der Waals surface area (Å²) in [6.45, 7) is -0.194. The highest BCUT2D eigenvalue weighted by molar-refractivity contribution is 7.88. The van der Waals surface area contributed by atoms with Crippen molar-refractivity contribution in [2.45, 2.75) is 12.6 Å². The molecule has 0 bridgehead atoms. The van der Waals surface area contributed by atoms with E-state index in [0.29, 0.717) is 11.0 Å². The summed E-state index contributed by atoms with van der Waals surface area (Å²) in [7, 11) is -3.44. The lowest BCUT2D eigenvalue weighted by Gasteiger charge is -2.14. The number of nitrogens with zero attached hydrogens (tertiary/aromatic N) is 1. The lowest BCUT2D eigenvalue weighted by molar-refractivity contribution is 0.161. The van der Waals surface area contributed by atoms with Crippen LogP contribution in [0.2, 0.25) is 0 Å². The molecule has 24 heavy (non-hydrogen) atoms. The Kier molecular flexibility index (Phi) is 4.29. The van der Waals surface area contributed by atoms with Crippen LogP contribution in [0.4, 0.5) is 8.78 Å². The van der Waals surface area contributed by atoms with Gasteiger partial charge in [0.25, 0.3) is 0 Å². The Morgan fingerprint density at radius 2 is 1.58 bits per heavy atom. The molecule has 5 nitrogen and oxygen atoms in total. The Labute approximate surface area is 137 Å². The SMILES string of the molecule is CS(=O)(=O)NCC(O)Cn1c2cc(F)ccc2c2ccc(F)cc21. The number of hydrogen-bond donors (Lipinski definition) is 2. The highest BCUT2D eigenvalue weighted by Gasteiger charge is 2.16. The normalized spacial score (nSPS) is 13.7. The molecule has 8 heteroatoms. The highest BCUT2D eigenvalue weighted by Crippen LogP contribution is 2.30. The Balaban J connectivity index is 2.07. The molecule has 0 amide bonds. The highest BCUT2D eigenvalue weighted by atomic mass is 32.2. The van der Waals surface area contributed by atoms with Crippen LogP contribution in [0.3, 0.4) is 0 Å². The summed E-state index contributed by atoms with van der Waals surface area (Å²) >= 11 is 0. The second kappa shape index (κ2) is 6.12. The molecule has 3 aromatic rings. The predicted octanol–water partition coefficient (Wildman–Crippen LogP) is 1.98. The Morgan fingerprint density at radius 3 is 2.04 bits per heavy atom. The second-order valence-electron chi connectivity index (χ2n) is 5.71. The van der Waals surface area contributed by atoms with Gasteiger partial charge < -0.3 is 9.67 Å². The smallest absolute Gasteiger partial charge is 0.208 e. The van der Waals surface area contributed by atoms with Crippen LogP contribution >= 0.6 is 0 Å². The monoisotopic (exact) mass is 354 g/mol. The van der Waals surface area contributed by atoms with E-state index in [1.165, 1.54) is 24.3 Å². The summed E-state index contributed by atoms with van der Waals surface area (Å²) in [6, 6.07) is 8.45. The van der Waals surface area contributed by atoms with Crippen molar-refractivity contribution < 1.29 is 22.3 Å². The molecule has 0 fully saturated rings. The number of aliphatic hydroxyl groups excluding tert-OH is 1. The van der Waals surface area contributed by atoms with Crippen LogP contribution < -0.4 is 4.72 Å². The maximum Gasteiger partial charge on any atom is 0.208 e. The van der Waals surface area contributed by atoms with E-state index in [1.807, 2.05) is 0 Å². The number of fused-ring (bicyclic) bond motifs is 3. The van der Waals surface area contributed by atoms with Crippen LogP contribution in [0, 0.1) is 11.6 Å². The van der Waals surface area contributed by atoms with Gasteiger partial charge in [0.05, 0.1) is 29.9 Å². The molecule has 1 unspecified atom stereocenters. The minimum absolute atomic E-state index is 0.00454. The number of aliphatic hydroxyl groups is 1. The molecule has 0 radical (unpaired) electrons. The van der Waals surface area contributed by atoms with Gasteiger partial charge in [-0.3, -0.25) is 0 Å². The first-order valence-corrected chi connectivity index (χ1v) is 9.13.